The second kappa shape index (κ2) is 10.1. The third kappa shape index (κ3) is 5.33. The van der Waals surface area contributed by atoms with Gasteiger partial charge < -0.3 is 5.32 Å². The lowest BCUT2D eigenvalue weighted by Gasteiger charge is -2.31. The van der Waals surface area contributed by atoms with Gasteiger partial charge in [-0.3, -0.25) is 9.69 Å². The molecule has 0 bridgehead atoms. The quantitative estimate of drug-likeness (QED) is 0.539. The Morgan fingerprint density at radius 3 is 2.23 bits per heavy atom. The van der Waals surface area contributed by atoms with E-state index in [1.165, 1.54) is 6.07 Å². The van der Waals surface area contributed by atoms with E-state index in [4.69, 9.17) is 11.6 Å². The molecule has 0 aliphatic carbocycles. The molecule has 160 valence electrons. The topological polar surface area (TPSA) is 32.3 Å². The van der Waals surface area contributed by atoms with Crippen LogP contribution in [0.5, 0.6) is 0 Å². The fourth-order valence-corrected chi connectivity index (χ4v) is 4.37. The van der Waals surface area contributed by atoms with Crippen molar-refractivity contribution in [3.63, 3.8) is 0 Å². The molecule has 1 saturated heterocycles. The normalized spacial score (nSPS) is 15.0. The summed E-state index contributed by atoms with van der Waals surface area (Å²) in [6, 6.07) is 22.4. The monoisotopic (exact) mass is 436 g/mol. The Labute approximate surface area is 187 Å². The van der Waals surface area contributed by atoms with Crippen molar-refractivity contribution >= 4 is 17.5 Å². The maximum Gasteiger partial charge on any atom is 0.223 e. The number of nitrogens with one attached hydrogen (secondary N) is 1. The van der Waals surface area contributed by atoms with Gasteiger partial charge in [-0.2, -0.15) is 0 Å². The van der Waals surface area contributed by atoms with Crippen LogP contribution in [0, 0.1) is 11.7 Å². The van der Waals surface area contributed by atoms with Crippen molar-refractivity contribution in [2.24, 2.45) is 5.92 Å². The molecule has 1 N–H and O–H groups in total. The van der Waals surface area contributed by atoms with Crippen LogP contribution in [0.4, 0.5) is 4.39 Å². The molecule has 0 saturated carbocycles. The van der Waals surface area contributed by atoms with Gasteiger partial charge in [0.05, 0.1) is 0 Å². The minimum Gasteiger partial charge on any atom is -0.352 e. The minimum atomic E-state index is -0.205. The summed E-state index contributed by atoms with van der Waals surface area (Å²) in [5, 5.41) is 3.70. The maximum atomic E-state index is 14.3. The summed E-state index contributed by atoms with van der Waals surface area (Å²) in [7, 11) is 0. The number of carbonyl (C=O) groups is 1. The van der Waals surface area contributed by atoms with E-state index in [1.54, 1.807) is 6.07 Å². The number of nitrogens with zero attached hydrogens (tertiary/aromatic N) is 1. The molecule has 1 heterocycles. The molecule has 0 radical (unpaired) electrons. The summed E-state index contributed by atoms with van der Waals surface area (Å²) in [5.74, 6) is -0.101. The molecule has 4 rings (SSSR count). The Morgan fingerprint density at radius 2 is 1.52 bits per heavy atom. The average molecular weight is 437 g/mol. The molecule has 1 amide bonds. The van der Waals surface area contributed by atoms with E-state index in [1.807, 2.05) is 54.6 Å². The predicted octanol–water partition coefficient (Wildman–Crippen LogP) is 5.67. The summed E-state index contributed by atoms with van der Waals surface area (Å²) in [6.45, 7) is 2.89. The number of halogens is 2. The lowest BCUT2D eigenvalue weighted by Crippen LogP contribution is -2.40. The van der Waals surface area contributed by atoms with Gasteiger partial charge in [0.25, 0.3) is 0 Å². The van der Waals surface area contributed by atoms with Crippen LogP contribution in [-0.2, 0) is 17.9 Å². The van der Waals surface area contributed by atoms with E-state index in [2.05, 4.69) is 16.3 Å². The number of hydrogen-bond donors (Lipinski definition) is 1. The van der Waals surface area contributed by atoms with Crippen molar-refractivity contribution in [2.75, 3.05) is 13.1 Å². The van der Waals surface area contributed by atoms with Crippen molar-refractivity contribution in [1.82, 2.24) is 10.2 Å². The van der Waals surface area contributed by atoms with Crippen molar-refractivity contribution in [2.45, 2.75) is 25.9 Å². The summed E-state index contributed by atoms with van der Waals surface area (Å²) < 4.78 is 14.3. The first-order chi connectivity index (χ1) is 15.1. The molecule has 0 spiro atoms. The van der Waals surface area contributed by atoms with Gasteiger partial charge in [-0.05, 0) is 54.8 Å². The number of amides is 1. The molecule has 3 aromatic rings. The minimum absolute atomic E-state index is 0.0144. The number of hydrogen-bond acceptors (Lipinski definition) is 2. The Balaban J connectivity index is 1.33. The van der Waals surface area contributed by atoms with Crippen LogP contribution in [-0.4, -0.2) is 23.9 Å². The van der Waals surface area contributed by atoms with Gasteiger partial charge in [0.2, 0.25) is 5.91 Å². The zero-order valence-corrected chi connectivity index (χ0v) is 18.1. The molecular weight excluding hydrogens is 411 g/mol. The molecular formula is C26H26ClFN2O. The first-order valence-corrected chi connectivity index (χ1v) is 11.1. The number of carbonyl (C=O) groups excluding carboxylic acids is 1. The van der Waals surface area contributed by atoms with E-state index in [-0.39, 0.29) is 17.6 Å². The second-order valence-electron chi connectivity index (χ2n) is 8.00. The van der Waals surface area contributed by atoms with Gasteiger partial charge in [0.1, 0.15) is 5.82 Å². The van der Waals surface area contributed by atoms with Crippen molar-refractivity contribution < 1.29 is 9.18 Å². The van der Waals surface area contributed by atoms with E-state index < -0.39 is 0 Å². The molecule has 5 heteroatoms. The van der Waals surface area contributed by atoms with Gasteiger partial charge in [0.15, 0.2) is 0 Å². The molecule has 1 fully saturated rings. The predicted molar refractivity (Wildman–Crippen MR) is 123 cm³/mol. The van der Waals surface area contributed by atoms with Crippen molar-refractivity contribution in [3.05, 3.63) is 94.8 Å². The largest absolute Gasteiger partial charge is 0.352 e. The summed E-state index contributed by atoms with van der Waals surface area (Å²) in [4.78, 5) is 15.0. The zero-order valence-electron chi connectivity index (χ0n) is 17.4. The molecule has 0 unspecified atom stereocenters. The first-order valence-electron chi connectivity index (χ1n) is 10.7. The third-order valence-electron chi connectivity index (χ3n) is 5.94. The van der Waals surface area contributed by atoms with E-state index in [9.17, 15) is 9.18 Å². The maximum absolute atomic E-state index is 14.3. The highest BCUT2D eigenvalue weighted by molar-refractivity contribution is 6.31. The van der Waals surface area contributed by atoms with Gasteiger partial charge in [-0.15, -0.1) is 0 Å². The van der Waals surface area contributed by atoms with Crippen LogP contribution in [0.1, 0.15) is 24.0 Å². The van der Waals surface area contributed by atoms with Gasteiger partial charge in [0, 0.05) is 29.6 Å². The van der Waals surface area contributed by atoms with Crippen molar-refractivity contribution in [1.29, 1.82) is 0 Å². The van der Waals surface area contributed by atoms with Gasteiger partial charge in [-0.1, -0.05) is 72.3 Å². The van der Waals surface area contributed by atoms with Crippen LogP contribution in [0.3, 0.4) is 0 Å². The standard InChI is InChI=1S/C26H26ClFN2O/c27-24-11-5-2-7-20(24)17-29-26(31)19-13-15-30(16-14-19)18-21-8-1-3-9-22(21)23-10-4-6-12-25(23)28/h1-12,19H,13-18H2,(H,29,31). The van der Waals surface area contributed by atoms with E-state index in [0.29, 0.717) is 17.1 Å². The van der Waals surface area contributed by atoms with Crippen LogP contribution in [0.2, 0.25) is 5.02 Å². The average Bonchev–Trinajstić information content (AvgIpc) is 2.80. The summed E-state index contributed by atoms with van der Waals surface area (Å²) >= 11 is 6.17. The van der Waals surface area contributed by atoms with Gasteiger partial charge >= 0.3 is 0 Å². The zero-order chi connectivity index (χ0) is 21.6. The highest BCUT2D eigenvalue weighted by Crippen LogP contribution is 2.28. The highest BCUT2D eigenvalue weighted by Gasteiger charge is 2.25. The molecule has 0 aromatic heterocycles. The Kier molecular flexibility index (Phi) is 7.00. The third-order valence-corrected chi connectivity index (χ3v) is 6.31. The lowest BCUT2D eigenvalue weighted by molar-refractivity contribution is -0.126. The lowest BCUT2D eigenvalue weighted by atomic mass is 9.94. The Hall–Kier alpha value is -2.69. The van der Waals surface area contributed by atoms with Crippen molar-refractivity contribution in [3.8, 4) is 11.1 Å². The van der Waals surface area contributed by atoms with E-state index in [0.717, 1.165) is 49.2 Å². The smallest absolute Gasteiger partial charge is 0.223 e. The fraction of sp³-hybridized carbons (Fsp3) is 0.269. The van der Waals surface area contributed by atoms with E-state index >= 15 is 0 Å². The molecule has 3 nitrogen and oxygen atoms in total. The molecule has 1 aliphatic rings. The number of rotatable bonds is 6. The first kappa shape index (κ1) is 21.5. The van der Waals surface area contributed by atoms with Crippen LogP contribution in [0.15, 0.2) is 72.8 Å². The SMILES string of the molecule is O=C(NCc1ccccc1Cl)C1CCN(Cc2ccccc2-c2ccccc2F)CC1. The summed E-state index contributed by atoms with van der Waals surface area (Å²) in [6.07, 6.45) is 1.63. The highest BCUT2D eigenvalue weighted by atomic mass is 35.5. The molecule has 31 heavy (non-hydrogen) atoms. The second-order valence-corrected chi connectivity index (χ2v) is 8.40. The Bertz CT molecular complexity index is 1050. The molecule has 0 atom stereocenters. The van der Waals surface area contributed by atoms with Crippen LogP contribution >= 0.6 is 11.6 Å². The summed E-state index contributed by atoms with van der Waals surface area (Å²) in [5.41, 5.74) is 3.60. The fourth-order valence-electron chi connectivity index (χ4n) is 4.16. The number of piperidine rings is 1. The number of benzene rings is 3. The Morgan fingerprint density at radius 1 is 0.903 bits per heavy atom. The van der Waals surface area contributed by atoms with Gasteiger partial charge in [-0.25, -0.2) is 4.39 Å². The van der Waals surface area contributed by atoms with Crippen LogP contribution < -0.4 is 5.32 Å². The van der Waals surface area contributed by atoms with Crippen LogP contribution in [0.25, 0.3) is 11.1 Å². The molecule has 1 aliphatic heterocycles. The molecule has 3 aromatic carbocycles. The number of likely N-dealkylation sites (tertiary alicyclic amines) is 1.